The van der Waals surface area contributed by atoms with Crippen molar-refractivity contribution >= 4 is 10.0 Å². The van der Waals surface area contributed by atoms with Gasteiger partial charge >= 0.3 is 0 Å². The van der Waals surface area contributed by atoms with E-state index in [1.54, 1.807) is 50.2 Å². The topological polar surface area (TPSA) is 79.2 Å². The highest BCUT2D eigenvalue weighted by Crippen LogP contribution is 2.42. The molecular weight excluding hydrogens is 403 g/mol. The minimum absolute atomic E-state index is 0.237. The fourth-order valence-corrected chi connectivity index (χ4v) is 4.68. The first kappa shape index (κ1) is 22.3. The molecule has 0 saturated heterocycles. The summed E-state index contributed by atoms with van der Waals surface area (Å²) in [6.07, 6.45) is 2.23. The van der Waals surface area contributed by atoms with E-state index in [1.807, 2.05) is 12.1 Å². The Kier molecular flexibility index (Phi) is 6.79. The van der Waals surface area contributed by atoms with Crippen molar-refractivity contribution in [2.75, 3.05) is 0 Å². The van der Waals surface area contributed by atoms with E-state index in [0.717, 1.165) is 12.0 Å². The molecule has 0 aliphatic heterocycles. The number of nitrogens with one attached hydrogen (secondary N) is 1. The maximum absolute atomic E-state index is 16.0. The SMILES string of the molecule is CC(C)S(=O)(=O)NC1CCCCC1(F)c1ccc(OCc2ccccc2C#N)cc1. The van der Waals surface area contributed by atoms with Gasteiger partial charge in [0.25, 0.3) is 0 Å². The molecule has 2 aromatic rings. The predicted octanol–water partition coefficient (Wildman–Crippen LogP) is 4.57. The molecule has 30 heavy (non-hydrogen) atoms. The molecule has 1 N–H and O–H groups in total. The Balaban J connectivity index is 1.75. The number of hydrogen-bond acceptors (Lipinski definition) is 4. The van der Waals surface area contributed by atoms with Crippen molar-refractivity contribution < 1.29 is 17.5 Å². The van der Waals surface area contributed by atoms with Crippen LogP contribution in [-0.4, -0.2) is 19.7 Å². The lowest BCUT2D eigenvalue weighted by atomic mass is 9.77. The lowest BCUT2D eigenvalue weighted by Crippen LogP contribution is -2.51. The van der Waals surface area contributed by atoms with Crippen LogP contribution >= 0.6 is 0 Å². The smallest absolute Gasteiger partial charge is 0.214 e. The lowest BCUT2D eigenvalue weighted by molar-refractivity contribution is 0.0711. The minimum Gasteiger partial charge on any atom is -0.489 e. The number of nitrogens with zero attached hydrogens (tertiary/aromatic N) is 1. The maximum atomic E-state index is 16.0. The molecule has 0 heterocycles. The van der Waals surface area contributed by atoms with Crippen LogP contribution in [0.4, 0.5) is 4.39 Å². The molecule has 1 fully saturated rings. The standard InChI is InChI=1S/C23H27FN2O3S/c1-17(2)30(27,28)26-22-9-5-6-14-23(22,24)20-10-12-21(13-11-20)29-16-19-8-4-3-7-18(19)15-25/h3-4,7-8,10-13,17,22,26H,5-6,9,14,16H2,1-2H3. The molecule has 0 amide bonds. The van der Waals surface area contributed by atoms with E-state index in [9.17, 15) is 8.42 Å². The summed E-state index contributed by atoms with van der Waals surface area (Å²) in [5, 5.41) is 8.55. The van der Waals surface area contributed by atoms with Gasteiger partial charge in [0.2, 0.25) is 10.0 Å². The molecule has 160 valence electrons. The quantitative estimate of drug-likeness (QED) is 0.698. The first-order valence-corrected chi connectivity index (χ1v) is 11.7. The Morgan fingerprint density at radius 1 is 1.20 bits per heavy atom. The van der Waals surface area contributed by atoms with Crippen LogP contribution in [0.3, 0.4) is 0 Å². The zero-order valence-electron chi connectivity index (χ0n) is 17.3. The number of sulfonamides is 1. The Morgan fingerprint density at radius 3 is 2.57 bits per heavy atom. The number of hydrogen-bond donors (Lipinski definition) is 1. The highest BCUT2D eigenvalue weighted by atomic mass is 32.2. The second kappa shape index (κ2) is 9.15. The molecule has 2 unspecified atom stereocenters. The summed E-state index contributed by atoms with van der Waals surface area (Å²) in [5.74, 6) is 0.560. The molecule has 1 saturated carbocycles. The summed E-state index contributed by atoms with van der Waals surface area (Å²) in [4.78, 5) is 0. The average Bonchev–Trinajstić information content (AvgIpc) is 2.74. The van der Waals surface area contributed by atoms with Crippen molar-refractivity contribution in [1.82, 2.24) is 4.72 Å². The van der Waals surface area contributed by atoms with Crippen molar-refractivity contribution in [3.8, 4) is 11.8 Å². The van der Waals surface area contributed by atoms with Gasteiger partial charge in [0, 0.05) is 5.56 Å². The van der Waals surface area contributed by atoms with Crippen LogP contribution in [0.1, 0.15) is 56.2 Å². The highest BCUT2D eigenvalue weighted by Gasteiger charge is 2.44. The molecule has 7 heteroatoms. The van der Waals surface area contributed by atoms with E-state index in [-0.39, 0.29) is 13.0 Å². The van der Waals surface area contributed by atoms with Crippen LogP contribution in [0.2, 0.25) is 0 Å². The maximum Gasteiger partial charge on any atom is 0.214 e. The Morgan fingerprint density at radius 2 is 1.90 bits per heavy atom. The first-order chi connectivity index (χ1) is 14.3. The zero-order valence-corrected chi connectivity index (χ0v) is 18.1. The number of nitriles is 1. The predicted molar refractivity (Wildman–Crippen MR) is 114 cm³/mol. The largest absolute Gasteiger partial charge is 0.489 e. The third-order valence-corrected chi connectivity index (χ3v) is 7.48. The average molecular weight is 431 g/mol. The molecule has 2 aromatic carbocycles. The van der Waals surface area contributed by atoms with Crippen molar-refractivity contribution in [3.05, 3.63) is 65.2 Å². The van der Waals surface area contributed by atoms with Gasteiger partial charge < -0.3 is 4.74 Å². The summed E-state index contributed by atoms with van der Waals surface area (Å²) < 4.78 is 49.0. The molecule has 5 nitrogen and oxygen atoms in total. The fourth-order valence-electron chi connectivity index (χ4n) is 3.71. The minimum atomic E-state index is -3.57. The molecule has 0 radical (unpaired) electrons. The summed E-state index contributed by atoms with van der Waals surface area (Å²) in [7, 11) is -3.57. The number of alkyl halides is 1. The van der Waals surface area contributed by atoms with Crippen molar-refractivity contribution in [2.45, 2.75) is 63.1 Å². The van der Waals surface area contributed by atoms with Crippen LogP contribution in [0.5, 0.6) is 5.75 Å². The van der Waals surface area contributed by atoms with E-state index in [1.165, 1.54) is 0 Å². The fraction of sp³-hybridized carbons (Fsp3) is 0.435. The van der Waals surface area contributed by atoms with E-state index >= 15 is 4.39 Å². The summed E-state index contributed by atoms with van der Waals surface area (Å²) in [6, 6.07) is 15.3. The van der Waals surface area contributed by atoms with Crippen LogP contribution in [-0.2, 0) is 22.3 Å². The van der Waals surface area contributed by atoms with E-state index in [4.69, 9.17) is 10.00 Å². The van der Waals surface area contributed by atoms with Crippen molar-refractivity contribution in [2.24, 2.45) is 0 Å². The molecule has 1 aliphatic carbocycles. The van der Waals surface area contributed by atoms with Gasteiger partial charge in [-0.05, 0) is 56.9 Å². The van der Waals surface area contributed by atoms with Crippen molar-refractivity contribution in [1.29, 1.82) is 5.26 Å². The molecule has 2 atom stereocenters. The summed E-state index contributed by atoms with van der Waals surface area (Å²) >= 11 is 0. The molecule has 0 spiro atoms. The van der Waals surface area contributed by atoms with Crippen LogP contribution < -0.4 is 9.46 Å². The third-order valence-electron chi connectivity index (χ3n) is 5.63. The van der Waals surface area contributed by atoms with E-state index < -0.39 is 27.0 Å². The second-order valence-electron chi connectivity index (χ2n) is 7.95. The van der Waals surface area contributed by atoms with E-state index in [0.29, 0.717) is 29.7 Å². The molecule has 3 rings (SSSR count). The second-order valence-corrected chi connectivity index (χ2v) is 10.2. The van der Waals surface area contributed by atoms with Gasteiger partial charge in [-0.2, -0.15) is 5.26 Å². The summed E-state index contributed by atoms with van der Waals surface area (Å²) in [5.41, 5.74) is 0.0239. The highest BCUT2D eigenvalue weighted by molar-refractivity contribution is 7.90. The monoisotopic (exact) mass is 430 g/mol. The molecule has 0 bridgehead atoms. The molecule has 1 aliphatic rings. The normalized spacial score (nSPS) is 21.9. The Labute approximate surface area is 177 Å². The van der Waals surface area contributed by atoms with Gasteiger partial charge in [0.05, 0.1) is 22.9 Å². The molecular formula is C23H27FN2O3S. The zero-order chi connectivity index (χ0) is 21.8. The third kappa shape index (κ3) is 4.82. The van der Waals surface area contributed by atoms with Crippen LogP contribution in [0.25, 0.3) is 0 Å². The van der Waals surface area contributed by atoms with Gasteiger partial charge in [0.1, 0.15) is 12.4 Å². The van der Waals surface area contributed by atoms with Crippen molar-refractivity contribution in [3.63, 3.8) is 0 Å². The number of benzene rings is 2. The number of rotatable bonds is 7. The molecule has 0 aromatic heterocycles. The first-order valence-electron chi connectivity index (χ1n) is 10.2. The van der Waals surface area contributed by atoms with Gasteiger partial charge in [-0.25, -0.2) is 17.5 Å². The van der Waals surface area contributed by atoms with Crippen LogP contribution in [0.15, 0.2) is 48.5 Å². The lowest BCUT2D eigenvalue weighted by Gasteiger charge is -2.38. The van der Waals surface area contributed by atoms with Crippen LogP contribution in [0, 0.1) is 11.3 Å². The van der Waals surface area contributed by atoms with Gasteiger partial charge in [-0.15, -0.1) is 0 Å². The van der Waals surface area contributed by atoms with Gasteiger partial charge in [-0.1, -0.05) is 36.8 Å². The van der Waals surface area contributed by atoms with E-state index in [2.05, 4.69) is 10.8 Å². The number of ether oxygens (including phenoxy) is 1. The number of halogens is 1. The van der Waals surface area contributed by atoms with Gasteiger partial charge in [-0.3, -0.25) is 0 Å². The van der Waals surface area contributed by atoms with Gasteiger partial charge in [0.15, 0.2) is 5.67 Å². The Hall–Kier alpha value is -2.43. The summed E-state index contributed by atoms with van der Waals surface area (Å²) in [6.45, 7) is 3.41. The Bertz CT molecular complexity index is 1020.